The summed E-state index contributed by atoms with van der Waals surface area (Å²) in [6.07, 6.45) is 0. The molecule has 0 saturated carbocycles. The minimum absolute atomic E-state index is 0. The first-order chi connectivity index (χ1) is 4.86. The summed E-state index contributed by atoms with van der Waals surface area (Å²) in [6, 6.07) is 5.97. The number of aromatic amines is 1. The maximum Gasteiger partial charge on any atom is 1.00 e. The van der Waals surface area contributed by atoms with Gasteiger partial charge in [-0.1, -0.05) is 6.07 Å². The summed E-state index contributed by atoms with van der Waals surface area (Å²) in [4.78, 5) is 0. The van der Waals surface area contributed by atoms with E-state index >= 15 is 0 Å². The van der Waals surface area contributed by atoms with Crippen molar-refractivity contribution in [2.75, 3.05) is 0 Å². The number of hydrogen-bond acceptors (Lipinski definition) is 2. The van der Waals surface area contributed by atoms with E-state index < -0.39 is 0 Å². The molecule has 0 aliphatic heterocycles. The number of nitrogens with one attached hydrogen (secondary N) is 1. The molecule has 12 heavy (non-hydrogen) atoms. The van der Waals surface area contributed by atoms with Gasteiger partial charge in [0.15, 0.2) is 0 Å². The van der Waals surface area contributed by atoms with Crippen LogP contribution in [0.3, 0.4) is 0 Å². The number of hydrogen-bond donors (Lipinski definition) is 1. The van der Waals surface area contributed by atoms with Crippen molar-refractivity contribution < 1.29 is 46.5 Å². The predicted molar refractivity (Wildman–Crippen MR) is 38.6 cm³/mol. The predicted octanol–water partition coefficient (Wildman–Crippen LogP) is -4.73. The minimum atomic E-state index is 0. The molecule has 0 atom stereocenters. The van der Waals surface area contributed by atoms with Crippen LogP contribution in [-0.4, -0.2) is 15.4 Å². The van der Waals surface area contributed by atoms with Crippen LogP contribution < -0.4 is 46.5 Å². The van der Waals surface area contributed by atoms with Crippen LogP contribution in [0.15, 0.2) is 18.2 Å². The molecular weight excluding hydrogens is 229 g/mol. The molecule has 2 rings (SSSR count). The van der Waals surface area contributed by atoms with Crippen LogP contribution in [0.5, 0.6) is 0 Å². The number of halogens is 1. The van der Waals surface area contributed by atoms with Gasteiger partial charge in [0.2, 0.25) is 0 Å². The molecule has 1 heterocycles. The summed E-state index contributed by atoms with van der Waals surface area (Å²) in [5.41, 5.74) is 3.06. The Kier molecular flexibility index (Phi) is 5.01. The van der Waals surface area contributed by atoms with Gasteiger partial charge < -0.3 is 17.0 Å². The Morgan fingerprint density at radius 3 is 2.58 bits per heavy atom. The van der Waals surface area contributed by atoms with Gasteiger partial charge in [-0.2, -0.15) is 15.4 Å². The standard InChI is InChI=1S/C7H7N3.BrH.Na/c1-5-2-3-6-7(4-5)9-10-8-6;;/h2-4H,1H3,(H,8,9,10);1H;/q;;+1/p-1. The molecular formula is C7H7BrN3Na. The molecule has 5 heteroatoms. The molecule has 0 saturated heterocycles. The van der Waals surface area contributed by atoms with Crippen molar-refractivity contribution in [1.29, 1.82) is 0 Å². The monoisotopic (exact) mass is 235 g/mol. The number of aryl methyl sites for hydroxylation is 1. The Hall–Kier alpha value is 0.100. The van der Waals surface area contributed by atoms with Crippen molar-refractivity contribution in [3.05, 3.63) is 23.8 Å². The quantitative estimate of drug-likeness (QED) is 0.467. The fraction of sp³-hybridized carbons (Fsp3) is 0.143. The summed E-state index contributed by atoms with van der Waals surface area (Å²) in [7, 11) is 0. The second-order valence-corrected chi connectivity index (χ2v) is 2.32. The second kappa shape index (κ2) is 4.97. The molecule has 0 spiro atoms. The van der Waals surface area contributed by atoms with Gasteiger partial charge in [0.1, 0.15) is 11.0 Å². The summed E-state index contributed by atoms with van der Waals surface area (Å²) in [5, 5.41) is 10.4. The molecule has 0 bridgehead atoms. The SMILES string of the molecule is Cc1ccc2n[nH]nc2c1.[Br-].[Na+]. The largest absolute Gasteiger partial charge is 1.00 e. The van der Waals surface area contributed by atoms with Crippen molar-refractivity contribution in [2.24, 2.45) is 0 Å². The first kappa shape index (κ1) is 12.1. The van der Waals surface area contributed by atoms with E-state index in [2.05, 4.69) is 15.4 Å². The van der Waals surface area contributed by atoms with Gasteiger partial charge in [0, 0.05) is 0 Å². The van der Waals surface area contributed by atoms with E-state index in [-0.39, 0.29) is 46.5 Å². The Morgan fingerprint density at radius 2 is 1.83 bits per heavy atom. The molecule has 1 aromatic carbocycles. The minimum Gasteiger partial charge on any atom is -1.00 e. The molecule has 1 N–H and O–H groups in total. The average Bonchev–Trinajstić information content (AvgIpc) is 2.33. The van der Waals surface area contributed by atoms with Crippen LogP contribution >= 0.6 is 0 Å². The van der Waals surface area contributed by atoms with Crippen molar-refractivity contribution in [2.45, 2.75) is 6.92 Å². The van der Waals surface area contributed by atoms with E-state index in [1.54, 1.807) is 0 Å². The summed E-state index contributed by atoms with van der Waals surface area (Å²) in [6.45, 7) is 2.04. The third-order valence-electron chi connectivity index (χ3n) is 1.47. The Balaban J connectivity index is 0.000000605. The van der Waals surface area contributed by atoms with Crippen LogP contribution in [0.25, 0.3) is 11.0 Å². The van der Waals surface area contributed by atoms with E-state index in [0.717, 1.165) is 11.0 Å². The molecule has 0 fully saturated rings. The topological polar surface area (TPSA) is 41.6 Å². The van der Waals surface area contributed by atoms with Gasteiger partial charge in [0.25, 0.3) is 0 Å². The molecule has 0 aliphatic carbocycles. The van der Waals surface area contributed by atoms with Gasteiger partial charge in [-0.25, -0.2) is 0 Å². The molecule has 0 radical (unpaired) electrons. The summed E-state index contributed by atoms with van der Waals surface area (Å²) < 4.78 is 0. The van der Waals surface area contributed by atoms with Crippen molar-refractivity contribution in [3.8, 4) is 0 Å². The number of aromatic nitrogens is 3. The number of nitrogens with zero attached hydrogens (tertiary/aromatic N) is 2. The number of rotatable bonds is 0. The number of benzene rings is 1. The Labute approximate surface area is 103 Å². The average molecular weight is 236 g/mol. The smallest absolute Gasteiger partial charge is 1.00 e. The first-order valence-corrected chi connectivity index (χ1v) is 3.13. The van der Waals surface area contributed by atoms with Crippen molar-refractivity contribution >= 4 is 11.0 Å². The van der Waals surface area contributed by atoms with Crippen LogP contribution in [0.2, 0.25) is 0 Å². The zero-order valence-electron chi connectivity index (χ0n) is 7.00. The van der Waals surface area contributed by atoms with E-state index in [0.29, 0.717) is 0 Å². The van der Waals surface area contributed by atoms with E-state index in [4.69, 9.17) is 0 Å². The fourth-order valence-electron chi connectivity index (χ4n) is 0.950. The van der Waals surface area contributed by atoms with Crippen LogP contribution in [0.1, 0.15) is 5.56 Å². The fourth-order valence-corrected chi connectivity index (χ4v) is 0.950. The van der Waals surface area contributed by atoms with Crippen molar-refractivity contribution in [3.63, 3.8) is 0 Å². The summed E-state index contributed by atoms with van der Waals surface area (Å²) in [5.74, 6) is 0. The first-order valence-electron chi connectivity index (χ1n) is 3.13. The molecule has 1 aromatic heterocycles. The Morgan fingerprint density at radius 1 is 1.17 bits per heavy atom. The second-order valence-electron chi connectivity index (χ2n) is 2.32. The van der Waals surface area contributed by atoms with Crippen LogP contribution in [0, 0.1) is 6.92 Å². The number of H-pyrrole nitrogens is 1. The van der Waals surface area contributed by atoms with Gasteiger partial charge in [-0.15, -0.1) is 0 Å². The maximum atomic E-state index is 3.94. The molecule has 3 nitrogen and oxygen atoms in total. The molecule has 0 amide bonds. The third-order valence-corrected chi connectivity index (χ3v) is 1.47. The van der Waals surface area contributed by atoms with E-state index in [9.17, 15) is 0 Å². The van der Waals surface area contributed by atoms with Crippen LogP contribution in [0.4, 0.5) is 0 Å². The van der Waals surface area contributed by atoms with Crippen LogP contribution in [-0.2, 0) is 0 Å². The normalized spacial score (nSPS) is 8.75. The maximum absolute atomic E-state index is 3.94. The van der Waals surface area contributed by atoms with E-state index in [1.807, 2.05) is 25.1 Å². The van der Waals surface area contributed by atoms with Gasteiger partial charge in [-0.05, 0) is 24.6 Å². The zero-order chi connectivity index (χ0) is 6.97. The molecule has 0 aliphatic rings. The van der Waals surface area contributed by atoms with Crippen molar-refractivity contribution in [1.82, 2.24) is 15.4 Å². The zero-order valence-corrected chi connectivity index (χ0v) is 10.6. The molecule has 2 aromatic rings. The number of fused-ring (bicyclic) bond motifs is 1. The molecule has 58 valence electrons. The summed E-state index contributed by atoms with van der Waals surface area (Å²) >= 11 is 0. The van der Waals surface area contributed by atoms with E-state index in [1.165, 1.54) is 5.56 Å². The third kappa shape index (κ3) is 2.29. The molecule has 0 unspecified atom stereocenters. The Bertz CT molecular complexity index is 360. The van der Waals surface area contributed by atoms with Gasteiger partial charge >= 0.3 is 29.6 Å². The van der Waals surface area contributed by atoms with Gasteiger partial charge in [-0.3, -0.25) is 0 Å². The van der Waals surface area contributed by atoms with Gasteiger partial charge in [0.05, 0.1) is 0 Å².